The molecule has 0 aliphatic rings. The molecule has 0 fully saturated rings. The van der Waals surface area contributed by atoms with Gasteiger partial charge in [-0.15, -0.1) is 0 Å². The molecule has 0 unspecified atom stereocenters. The van der Waals surface area contributed by atoms with Crippen LogP contribution in [0.4, 0.5) is 5.69 Å². The van der Waals surface area contributed by atoms with Crippen LogP contribution in [0, 0.1) is 5.92 Å². The second-order valence-corrected chi connectivity index (χ2v) is 12.7. The van der Waals surface area contributed by atoms with Gasteiger partial charge in [0.25, 0.3) is 10.0 Å². The van der Waals surface area contributed by atoms with Gasteiger partial charge in [-0.25, -0.2) is 8.42 Å². The van der Waals surface area contributed by atoms with Gasteiger partial charge in [-0.05, 0) is 60.4 Å². The fourth-order valence-electron chi connectivity index (χ4n) is 4.02. The van der Waals surface area contributed by atoms with Crippen molar-refractivity contribution in [2.75, 3.05) is 17.4 Å². The number of halogens is 3. The number of hydrogen-bond donors (Lipinski definition) is 1. The molecule has 0 spiro atoms. The molecule has 0 aromatic heterocycles. The van der Waals surface area contributed by atoms with Crippen LogP contribution < -0.4 is 9.62 Å². The van der Waals surface area contributed by atoms with Gasteiger partial charge in [0, 0.05) is 18.1 Å². The first-order valence-corrected chi connectivity index (χ1v) is 15.4. The van der Waals surface area contributed by atoms with E-state index in [-0.39, 0.29) is 39.0 Å². The summed E-state index contributed by atoms with van der Waals surface area (Å²) in [4.78, 5) is 28.7. The molecule has 0 aliphatic heterocycles. The van der Waals surface area contributed by atoms with Crippen LogP contribution >= 0.6 is 34.8 Å². The molecule has 11 heteroatoms. The van der Waals surface area contributed by atoms with Crippen molar-refractivity contribution in [2.45, 2.75) is 44.7 Å². The number of carbonyl (C=O) groups excluding carboxylic acids is 2. The zero-order valence-electron chi connectivity index (χ0n) is 22.5. The minimum absolute atomic E-state index is 0.000147. The van der Waals surface area contributed by atoms with Gasteiger partial charge < -0.3 is 10.2 Å². The lowest BCUT2D eigenvalue weighted by Crippen LogP contribution is -2.52. The molecule has 0 aliphatic carbocycles. The third-order valence-corrected chi connectivity index (χ3v) is 8.92. The van der Waals surface area contributed by atoms with Crippen LogP contribution in [0.2, 0.25) is 15.1 Å². The summed E-state index contributed by atoms with van der Waals surface area (Å²) in [7, 11) is -4.20. The maximum atomic E-state index is 14.0. The van der Waals surface area contributed by atoms with Crippen molar-refractivity contribution in [1.82, 2.24) is 10.2 Å². The van der Waals surface area contributed by atoms with E-state index in [4.69, 9.17) is 34.8 Å². The second kappa shape index (κ2) is 14.2. The third-order valence-electron chi connectivity index (χ3n) is 6.14. The number of carbonyl (C=O) groups is 2. The van der Waals surface area contributed by atoms with Gasteiger partial charge in [-0.3, -0.25) is 13.9 Å². The molecule has 1 N–H and O–H groups in total. The van der Waals surface area contributed by atoms with E-state index in [1.807, 2.05) is 13.8 Å². The molecule has 0 saturated heterocycles. The Morgan fingerprint density at radius 2 is 1.55 bits per heavy atom. The predicted octanol–water partition coefficient (Wildman–Crippen LogP) is 6.42. The maximum absolute atomic E-state index is 14.0. The van der Waals surface area contributed by atoms with Gasteiger partial charge in [0.1, 0.15) is 12.6 Å². The fourth-order valence-corrected chi connectivity index (χ4v) is 5.86. The first-order valence-electron chi connectivity index (χ1n) is 12.8. The number of sulfonamides is 1. The number of hydrogen-bond acceptors (Lipinski definition) is 4. The Morgan fingerprint density at radius 3 is 2.12 bits per heavy atom. The monoisotopic (exact) mass is 623 g/mol. The highest BCUT2D eigenvalue weighted by Gasteiger charge is 2.33. The zero-order chi connectivity index (χ0) is 29.4. The molecule has 3 aromatic rings. The van der Waals surface area contributed by atoms with Gasteiger partial charge in [0.05, 0.1) is 20.6 Å². The largest absolute Gasteiger partial charge is 0.354 e. The van der Waals surface area contributed by atoms with Crippen LogP contribution in [0.25, 0.3) is 0 Å². The quantitative estimate of drug-likeness (QED) is 0.252. The van der Waals surface area contributed by atoms with E-state index in [1.165, 1.54) is 35.2 Å². The summed E-state index contributed by atoms with van der Waals surface area (Å²) >= 11 is 18.4. The number of nitrogens with one attached hydrogen (secondary N) is 1. The van der Waals surface area contributed by atoms with Crippen molar-refractivity contribution >= 4 is 62.3 Å². The molecule has 0 saturated carbocycles. The van der Waals surface area contributed by atoms with E-state index >= 15 is 0 Å². The molecule has 3 aromatic carbocycles. The number of benzene rings is 3. The van der Waals surface area contributed by atoms with Crippen molar-refractivity contribution in [1.29, 1.82) is 0 Å². The SMILES string of the molecule is CC[C@H](C(=O)NCC(C)C)N(Cc1ccc(Cl)cc1)C(=O)CN(c1ccc(Cl)c(Cl)c1)S(=O)(=O)c1ccccc1. The summed E-state index contributed by atoms with van der Waals surface area (Å²) in [5.41, 5.74) is 0.898. The lowest BCUT2D eigenvalue weighted by atomic mass is 10.1. The van der Waals surface area contributed by atoms with Gasteiger partial charge in [-0.1, -0.05) is 85.9 Å². The predicted molar refractivity (Wildman–Crippen MR) is 161 cm³/mol. The number of anilines is 1. The summed E-state index contributed by atoms with van der Waals surface area (Å²) in [5, 5.41) is 3.81. The summed E-state index contributed by atoms with van der Waals surface area (Å²) in [6, 6.07) is 18.2. The Hall–Kier alpha value is -2.78. The highest BCUT2D eigenvalue weighted by Crippen LogP contribution is 2.31. The van der Waals surface area contributed by atoms with Gasteiger partial charge >= 0.3 is 0 Å². The molecule has 0 bridgehead atoms. The third kappa shape index (κ3) is 8.13. The van der Waals surface area contributed by atoms with Gasteiger partial charge in [0.15, 0.2) is 0 Å². The maximum Gasteiger partial charge on any atom is 0.264 e. The van der Waals surface area contributed by atoms with Gasteiger partial charge in [-0.2, -0.15) is 0 Å². The number of amides is 2. The van der Waals surface area contributed by atoms with Crippen molar-refractivity contribution in [2.24, 2.45) is 5.92 Å². The summed E-state index contributed by atoms with van der Waals surface area (Å²) in [6.07, 6.45) is 0.321. The Labute approximate surface area is 251 Å². The van der Waals surface area contributed by atoms with E-state index < -0.39 is 28.5 Å². The molecule has 0 radical (unpaired) electrons. The molecule has 0 heterocycles. The lowest BCUT2D eigenvalue weighted by Gasteiger charge is -2.33. The minimum atomic E-state index is -4.20. The first kappa shape index (κ1) is 31.7. The average Bonchev–Trinajstić information content (AvgIpc) is 2.93. The molecule has 3 rings (SSSR count). The van der Waals surface area contributed by atoms with Crippen molar-refractivity contribution in [3.05, 3.63) is 93.4 Å². The van der Waals surface area contributed by atoms with Crippen molar-refractivity contribution in [3.63, 3.8) is 0 Å². The van der Waals surface area contributed by atoms with Gasteiger partial charge in [0.2, 0.25) is 11.8 Å². The molecular formula is C29H32Cl3N3O4S. The smallest absolute Gasteiger partial charge is 0.264 e. The first-order chi connectivity index (χ1) is 18.9. The summed E-state index contributed by atoms with van der Waals surface area (Å²) in [6.45, 7) is 5.69. The highest BCUT2D eigenvalue weighted by molar-refractivity contribution is 7.92. The Balaban J connectivity index is 2.05. The van der Waals surface area contributed by atoms with Crippen LogP contribution in [-0.4, -0.2) is 44.3 Å². The van der Waals surface area contributed by atoms with E-state index in [0.717, 1.165) is 9.87 Å². The van der Waals surface area contributed by atoms with E-state index in [2.05, 4.69) is 5.32 Å². The Bertz CT molecular complexity index is 1420. The van der Waals surface area contributed by atoms with Crippen LogP contribution in [-0.2, 0) is 26.2 Å². The summed E-state index contributed by atoms with van der Waals surface area (Å²) in [5.74, 6) is -0.666. The average molecular weight is 625 g/mol. The second-order valence-electron chi connectivity index (χ2n) is 9.63. The Kier molecular flexibility index (Phi) is 11.3. The standard InChI is InChI=1S/C29H32Cl3N3O4S/c1-4-27(29(37)33-17-20(2)3)34(18-21-10-12-22(30)13-11-21)28(36)19-35(23-14-15-25(31)26(32)16-23)40(38,39)24-8-6-5-7-9-24/h5-16,20,27H,4,17-19H2,1-3H3,(H,33,37)/t27-/m1/s1. The van der Waals surface area contributed by atoms with Crippen LogP contribution in [0.1, 0.15) is 32.8 Å². The Morgan fingerprint density at radius 1 is 0.900 bits per heavy atom. The van der Waals surface area contributed by atoms with Crippen LogP contribution in [0.3, 0.4) is 0 Å². The molecule has 7 nitrogen and oxygen atoms in total. The zero-order valence-corrected chi connectivity index (χ0v) is 25.6. The number of nitrogens with zero attached hydrogens (tertiary/aromatic N) is 2. The van der Waals surface area contributed by atoms with Crippen LogP contribution in [0.5, 0.6) is 0 Å². The molecule has 1 atom stereocenters. The molecule has 214 valence electrons. The van der Waals surface area contributed by atoms with Crippen molar-refractivity contribution < 1.29 is 18.0 Å². The molecule has 40 heavy (non-hydrogen) atoms. The lowest BCUT2D eigenvalue weighted by molar-refractivity contribution is -0.140. The van der Waals surface area contributed by atoms with E-state index in [0.29, 0.717) is 18.0 Å². The van der Waals surface area contributed by atoms with Crippen LogP contribution in [0.15, 0.2) is 77.7 Å². The van der Waals surface area contributed by atoms with E-state index in [1.54, 1.807) is 49.4 Å². The number of rotatable bonds is 12. The highest BCUT2D eigenvalue weighted by atomic mass is 35.5. The minimum Gasteiger partial charge on any atom is -0.354 e. The summed E-state index contributed by atoms with van der Waals surface area (Å²) < 4.78 is 28.6. The molecular weight excluding hydrogens is 593 g/mol. The van der Waals surface area contributed by atoms with Crippen molar-refractivity contribution in [3.8, 4) is 0 Å². The normalized spacial score (nSPS) is 12.2. The van der Waals surface area contributed by atoms with E-state index in [9.17, 15) is 18.0 Å². The fraction of sp³-hybridized carbons (Fsp3) is 0.310. The topological polar surface area (TPSA) is 86.8 Å². The molecule has 2 amide bonds.